The summed E-state index contributed by atoms with van der Waals surface area (Å²) < 4.78 is 16.0. The predicted molar refractivity (Wildman–Crippen MR) is 117 cm³/mol. The number of aliphatic hydroxyl groups is 1. The molecule has 0 saturated carbocycles. The topological polar surface area (TPSA) is 89.2 Å². The summed E-state index contributed by atoms with van der Waals surface area (Å²) in [5.41, 5.74) is 1.92. The van der Waals surface area contributed by atoms with Crippen molar-refractivity contribution in [3.8, 4) is 11.5 Å². The first-order valence-corrected chi connectivity index (χ1v) is 10.0. The van der Waals surface area contributed by atoms with E-state index in [1.165, 1.54) is 25.4 Å². The first kappa shape index (κ1) is 21.2. The Morgan fingerprint density at radius 2 is 1.84 bits per heavy atom. The number of aliphatic hydroxyl groups excluding tert-OH is 1. The van der Waals surface area contributed by atoms with Crippen LogP contribution in [0.15, 0.2) is 70.9 Å². The standard InChI is InChI=1S/C25H23NO6/c1-15-7-4-5-9-18(15)22-21(23(27)19-11-10-16(30-2)13-20(19)31-3)24(28)25(29)26(22)14-17-8-6-12-32-17/h4-13,22,27H,14H2,1-3H3/b23-21+. The first-order valence-electron chi connectivity index (χ1n) is 10.0. The Labute approximate surface area is 185 Å². The van der Waals surface area contributed by atoms with Crippen LogP contribution in [-0.4, -0.2) is 35.9 Å². The van der Waals surface area contributed by atoms with Crippen LogP contribution >= 0.6 is 0 Å². The SMILES string of the molecule is COc1ccc(/C(O)=C2\C(=O)C(=O)N(Cc3ccco3)C2c2ccccc2C)c(OC)c1. The number of carbonyl (C=O) groups excluding carboxylic acids is 2. The van der Waals surface area contributed by atoms with Gasteiger partial charge in [0, 0.05) is 6.07 Å². The van der Waals surface area contributed by atoms with E-state index < -0.39 is 17.7 Å². The van der Waals surface area contributed by atoms with Crippen LogP contribution in [0.5, 0.6) is 11.5 Å². The minimum atomic E-state index is -0.784. The predicted octanol–water partition coefficient (Wildman–Crippen LogP) is 4.23. The molecule has 1 fully saturated rings. The van der Waals surface area contributed by atoms with E-state index in [2.05, 4.69) is 0 Å². The molecule has 1 unspecified atom stereocenters. The fraction of sp³-hybridized carbons (Fsp3) is 0.200. The Morgan fingerprint density at radius 3 is 2.50 bits per heavy atom. The smallest absolute Gasteiger partial charge is 0.296 e. The van der Waals surface area contributed by atoms with Gasteiger partial charge in [0.1, 0.15) is 23.0 Å². The van der Waals surface area contributed by atoms with E-state index in [0.717, 1.165) is 11.1 Å². The Bertz CT molecular complexity index is 1190. The van der Waals surface area contributed by atoms with Crippen molar-refractivity contribution in [1.29, 1.82) is 0 Å². The van der Waals surface area contributed by atoms with Crippen molar-refractivity contribution in [1.82, 2.24) is 4.90 Å². The number of methoxy groups -OCH3 is 2. The Morgan fingerprint density at radius 1 is 1.06 bits per heavy atom. The molecule has 1 aliphatic rings. The molecule has 1 aliphatic heterocycles. The number of ketones is 1. The second kappa shape index (κ2) is 8.63. The van der Waals surface area contributed by atoms with Crippen LogP contribution in [0.1, 0.15) is 28.5 Å². The van der Waals surface area contributed by atoms with Gasteiger partial charge in [0.25, 0.3) is 11.7 Å². The molecule has 0 radical (unpaired) electrons. The average Bonchev–Trinajstić information content (AvgIpc) is 3.41. The molecule has 0 bridgehead atoms. The van der Waals surface area contributed by atoms with Crippen LogP contribution < -0.4 is 9.47 Å². The summed E-state index contributed by atoms with van der Waals surface area (Å²) in [6.07, 6.45) is 1.51. The highest BCUT2D eigenvalue weighted by Gasteiger charge is 2.47. The maximum Gasteiger partial charge on any atom is 0.296 e. The highest BCUT2D eigenvalue weighted by Crippen LogP contribution is 2.43. The molecule has 0 aliphatic carbocycles. The summed E-state index contributed by atoms with van der Waals surface area (Å²) in [5, 5.41) is 11.3. The van der Waals surface area contributed by atoms with Crippen LogP contribution in [0, 0.1) is 6.92 Å². The number of hydrogen-bond acceptors (Lipinski definition) is 6. The second-order valence-corrected chi connectivity index (χ2v) is 7.43. The van der Waals surface area contributed by atoms with E-state index in [9.17, 15) is 14.7 Å². The molecule has 7 heteroatoms. The zero-order valence-corrected chi connectivity index (χ0v) is 18.0. The zero-order chi connectivity index (χ0) is 22.8. The first-order chi connectivity index (χ1) is 15.5. The summed E-state index contributed by atoms with van der Waals surface area (Å²) in [4.78, 5) is 27.7. The summed E-state index contributed by atoms with van der Waals surface area (Å²) in [6, 6.07) is 15.0. The monoisotopic (exact) mass is 433 g/mol. The summed E-state index contributed by atoms with van der Waals surface area (Å²) in [5.74, 6) is -0.385. The van der Waals surface area contributed by atoms with Crippen molar-refractivity contribution in [3.63, 3.8) is 0 Å². The molecular formula is C25H23NO6. The van der Waals surface area contributed by atoms with Gasteiger partial charge in [-0.05, 0) is 42.3 Å². The Kier molecular flexibility index (Phi) is 5.73. The molecule has 7 nitrogen and oxygen atoms in total. The third-order valence-corrected chi connectivity index (χ3v) is 5.59. The lowest BCUT2D eigenvalue weighted by Gasteiger charge is -2.26. The van der Waals surface area contributed by atoms with Crippen molar-refractivity contribution in [3.05, 3.63) is 88.9 Å². The number of likely N-dealkylation sites (tertiary alicyclic amines) is 1. The average molecular weight is 433 g/mol. The lowest BCUT2D eigenvalue weighted by atomic mass is 9.92. The van der Waals surface area contributed by atoms with E-state index in [-0.39, 0.29) is 17.9 Å². The third kappa shape index (κ3) is 3.62. The second-order valence-electron chi connectivity index (χ2n) is 7.43. The van der Waals surface area contributed by atoms with Gasteiger partial charge >= 0.3 is 0 Å². The van der Waals surface area contributed by atoms with Crippen LogP contribution in [0.4, 0.5) is 0 Å². The summed E-state index contributed by atoms with van der Waals surface area (Å²) >= 11 is 0. The van der Waals surface area contributed by atoms with Gasteiger partial charge in [0.2, 0.25) is 0 Å². The number of hydrogen-bond donors (Lipinski definition) is 1. The molecular weight excluding hydrogens is 410 g/mol. The van der Waals surface area contributed by atoms with Crippen LogP contribution in [0.2, 0.25) is 0 Å². The van der Waals surface area contributed by atoms with Gasteiger partial charge in [-0.3, -0.25) is 9.59 Å². The van der Waals surface area contributed by atoms with Crippen molar-refractivity contribution in [2.45, 2.75) is 19.5 Å². The quantitative estimate of drug-likeness (QED) is 0.356. The highest BCUT2D eigenvalue weighted by molar-refractivity contribution is 6.46. The van der Waals surface area contributed by atoms with Crippen LogP contribution in [-0.2, 0) is 16.1 Å². The number of carbonyl (C=O) groups is 2. The normalized spacial score (nSPS) is 17.6. The molecule has 1 saturated heterocycles. The Hall–Kier alpha value is -4.00. The number of nitrogens with zero attached hydrogens (tertiary/aromatic N) is 1. The molecule has 0 spiro atoms. The molecule has 3 aromatic rings. The number of amides is 1. The number of rotatable bonds is 6. The van der Waals surface area contributed by atoms with E-state index in [4.69, 9.17) is 13.9 Å². The lowest BCUT2D eigenvalue weighted by molar-refractivity contribution is -0.140. The van der Waals surface area contributed by atoms with Gasteiger partial charge in [-0.25, -0.2) is 0 Å². The van der Waals surface area contributed by atoms with E-state index in [1.807, 2.05) is 31.2 Å². The minimum Gasteiger partial charge on any atom is -0.507 e. The lowest BCUT2D eigenvalue weighted by Crippen LogP contribution is -2.29. The van der Waals surface area contributed by atoms with Crippen molar-refractivity contribution in [2.75, 3.05) is 14.2 Å². The summed E-state index contributed by atoms with van der Waals surface area (Å²) in [7, 11) is 2.98. The van der Waals surface area contributed by atoms with E-state index in [1.54, 1.807) is 30.3 Å². The molecule has 1 aromatic heterocycles. The fourth-order valence-electron chi connectivity index (χ4n) is 3.97. The molecule has 32 heavy (non-hydrogen) atoms. The Balaban J connectivity index is 1.91. The molecule has 164 valence electrons. The van der Waals surface area contributed by atoms with Gasteiger partial charge in [-0.1, -0.05) is 24.3 Å². The van der Waals surface area contributed by atoms with E-state index >= 15 is 0 Å². The van der Waals surface area contributed by atoms with Crippen molar-refractivity contribution >= 4 is 17.4 Å². The molecule has 4 rings (SSSR count). The number of aryl methyl sites for hydroxylation is 1. The zero-order valence-electron chi connectivity index (χ0n) is 18.0. The fourth-order valence-corrected chi connectivity index (χ4v) is 3.97. The van der Waals surface area contributed by atoms with E-state index in [0.29, 0.717) is 22.8 Å². The number of ether oxygens (including phenoxy) is 2. The third-order valence-electron chi connectivity index (χ3n) is 5.59. The maximum absolute atomic E-state index is 13.2. The number of furan rings is 1. The highest BCUT2D eigenvalue weighted by atomic mass is 16.5. The molecule has 2 aromatic carbocycles. The molecule has 1 amide bonds. The maximum atomic E-state index is 13.2. The summed E-state index contributed by atoms with van der Waals surface area (Å²) in [6.45, 7) is 1.99. The van der Waals surface area contributed by atoms with Gasteiger partial charge in [0.05, 0.1) is 44.2 Å². The van der Waals surface area contributed by atoms with Crippen molar-refractivity contribution in [2.24, 2.45) is 0 Å². The van der Waals surface area contributed by atoms with Crippen LogP contribution in [0.3, 0.4) is 0 Å². The van der Waals surface area contributed by atoms with Crippen LogP contribution in [0.25, 0.3) is 5.76 Å². The number of benzene rings is 2. The molecule has 2 heterocycles. The number of Topliss-reactive ketones (excluding diaryl/α,β-unsaturated/α-hetero) is 1. The van der Waals surface area contributed by atoms with Gasteiger partial charge in [0.15, 0.2) is 0 Å². The largest absolute Gasteiger partial charge is 0.507 e. The van der Waals surface area contributed by atoms with Gasteiger partial charge in [-0.2, -0.15) is 0 Å². The minimum absolute atomic E-state index is 0.000627. The molecule has 1 N–H and O–H groups in total. The van der Waals surface area contributed by atoms with Crippen molar-refractivity contribution < 1.29 is 28.6 Å². The molecule has 1 atom stereocenters. The van der Waals surface area contributed by atoms with Gasteiger partial charge < -0.3 is 23.9 Å². The van der Waals surface area contributed by atoms with Gasteiger partial charge in [-0.15, -0.1) is 0 Å².